The van der Waals surface area contributed by atoms with Gasteiger partial charge in [-0.15, -0.1) is 0 Å². The van der Waals surface area contributed by atoms with Gasteiger partial charge < -0.3 is 15.5 Å². The Hall–Kier alpha value is -1.33. The number of hydrogen-bond acceptors (Lipinski definition) is 4. The molecule has 17 heavy (non-hydrogen) atoms. The zero-order valence-electron chi connectivity index (χ0n) is 9.89. The fourth-order valence-electron chi connectivity index (χ4n) is 2.17. The van der Waals surface area contributed by atoms with Crippen LogP contribution in [0.25, 0.3) is 0 Å². The Bertz CT molecular complexity index is 343. The molecule has 0 aliphatic carbocycles. The molecule has 1 amide bonds. The minimum absolute atomic E-state index is 0.241. The van der Waals surface area contributed by atoms with Gasteiger partial charge in [-0.05, 0) is 18.9 Å². The highest BCUT2D eigenvalue weighted by Crippen LogP contribution is 2.10. The van der Waals surface area contributed by atoms with E-state index in [9.17, 15) is 4.79 Å². The van der Waals surface area contributed by atoms with Crippen molar-refractivity contribution in [2.24, 2.45) is 5.73 Å². The van der Waals surface area contributed by atoms with Gasteiger partial charge in [0.15, 0.2) is 0 Å². The van der Waals surface area contributed by atoms with E-state index in [1.165, 1.54) is 5.56 Å². The molecule has 0 spiro atoms. The van der Waals surface area contributed by atoms with Crippen molar-refractivity contribution >= 4 is 5.91 Å². The van der Waals surface area contributed by atoms with Crippen LogP contribution in [0.15, 0.2) is 23.0 Å². The molecule has 1 fully saturated rings. The van der Waals surface area contributed by atoms with Crippen LogP contribution >= 0.6 is 0 Å². The summed E-state index contributed by atoms with van der Waals surface area (Å²) in [6.07, 6.45) is 5.57. The highest BCUT2D eigenvalue weighted by Gasteiger charge is 2.19. The third kappa shape index (κ3) is 3.87. The topological polar surface area (TPSA) is 71.5 Å². The van der Waals surface area contributed by atoms with Crippen LogP contribution in [-0.2, 0) is 11.3 Å². The Morgan fingerprint density at radius 3 is 2.88 bits per heavy atom. The van der Waals surface area contributed by atoms with Crippen molar-refractivity contribution in [3.8, 4) is 0 Å². The number of furan rings is 1. The van der Waals surface area contributed by atoms with E-state index in [4.69, 9.17) is 10.2 Å². The van der Waals surface area contributed by atoms with Gasteiger partial charge in [0.25, 0.3) is 0 Å². The van der Waals surface area contributed by atoms with Gasteiger partial charge in [-0.1, -0.05) is 0 Å². The quantitative estimate of drug-likeness (QED) is 0.773. The molecule has 0 aromatic carbocycles. The van der Waals surface area contributed by atoms with Gasteiger partial charge in [0, 0.05) is 31.2 Å². The molecule has 3 N–H and O–H groups in total. The van der Waals surface area contributed by atoms with Gasteiger partial charge >= 0.3 is 0 Å². The summed E-state index contributed by atoms with van der Waals surface area (Å²) >= 11 is 0. The molecule has 1 aromatic heterocycles. The number of primary amides is 1. The third-order valence-electron chi connectivity index (χ3n) is 3.14. The first kappa shape index (κ1) is 12.1. The van der Waals surface area contributed by atoms with Crippen LogP contribution in [0.3, 0.4) is 0 Å². The first-order valence-corrected chi connectivity index (χ1v) is 5.99. The van der Waals surface area contributed by atoms with Crippen molar-refractivity contribution in [3.05, 3.63) is 24.2 Å². The van der Waals surface area contributed by atoms with Gasteiger partial charge in [0.05, 0.1) is 19.1 Å². The zero-order valence-corrected chi connectivity index (χ0v) is 9.89. The van der Waals surface area contributed by atoms with Gasteiger partial charge in [-0.25, -0.2) is 0 Å². The van der Waals surface area contributed by atoms with E-state index in [1.807, 2.05) is 6.07 Å². The lowest BCUT2D eigenvalue weighted by atomic mass is 10.0. The van der Waals surface area contributed by atoms with Crippen LogP contribution in [0.5, 0.6) is 0 Å². The largest absolute Gasteiger partial charge is 0.472 e. The van der Waals surface area contributed by atoms with Gasteiger partial charge in [0.2, 0.25) is 5.91 Å². The molecule has 0 bridgehead atoms. The maximum absolute atomic E-state index is 10.8. The number of carbonyl (C=O) groups is 1. The summed E-state index contributed by atoms with van der Waals surface area (Å²) in [6.45, 7) is 3.10. The molecule has 1 aliphatic rings. The summed E-state index contributed by atoms with van der Waals surface area (Å²) in [5.74, 6) is -0.241. The maximum atomic E-state index is 10.8. The average Bonchev–Trinajstić information content (AvgIpc) is 2.80. The van der Waals surface area contributed by atoms with Crippen molar-refractivity contribution in [2.45, 2.75) is 25.4 Å². The zero-order chi connectivity index (χ0) is 12.1. The molecule has 5 heteroatoms. The van der Waals surface area contributed by atoms with E-state index < -0.39 is 0 Å². The summed E-state index contributed by atoms with van der Waals surface area (Å²) in [7, 11) is 0. The van der Waals surface area contributed by atoms with Crippen LogP contribution in [0.2, 0.25) is 0 Å². The summed E-state index contributed by atoms with van der Waals surface area (Å²) < 4.78 is 5.02. The summed E-state index contributed by atoms with van der Waals surface area (Å²) in [6, 6.07) is 2.49. The predicted molar refractivity (Wildman–Crippen MR) is 64.2 cm³/mol. The molecule has 2 rings (SSSR count). The molecular weight excluding hydrogens is 218 g/mol. The number of carbonyl (C=O) groups excluding carboxylic acids is 1. The van der Waals surface area contributed by atoms with Crippen molar-refractivity contribution in [3.63, 3.8) is 0 Å². The molecule has 1 aromatic rings. The Balaban J connectivity index is 1.67. The Morgan fingerprint density at radius 1 is 1.53 bits per heavy atom. The molecule has 0 unspecified atom stereocenters. The van der Waals surface area contributed by atoms with Gasteiger partial charge in [0.1, 0.15) is 0 Å². The number of piperidine rings is 1. The predicted octanol–water partition coefficient (Wildman–Crippen LogP) is 0.319. The van der Waals surface area contributed by atoms with Crippen molar-refractivity contribution in [1.82, 2.24) is 10.2 Å². The molecule has 0 saturated carbocycles. The van der Waals surface area contributed by atoms with E-state index >= 15 is 0 Å². The second-order valence-electron chi connectivity index (χ2n) is 4.53. The van der Waals surface area contributed by atoms with E-state index in [2.05, 4.69) is 10.2 Å². The monoisotopic (exact) mass is 237 g/mol. The second kappa shape index (κ2) is 5.84. The molecule has 5 nitrogen and oxygen atoms in total. The number of nitrogens with zero attached hydrogens (tertiary/aromatic N) is 1. The molecule has 1 aliphatic heterocycles. The average molecular weight is 237 g/mol. The minimum Gasteiger partial charge on any atom is -0.472 e. The van der Waals surface area contributed by atoms with Crippen molar-refractivity contribution in [1.29, 1.82) is 0 Å². The number of likely N-dealkylation sites (tertiary alicyclic amines) is 1. The molecule has 1 saturated heterocycles. The van der Waals surface area contributed by atoms with Crippen LogP contribution in [0, 0.1) is 0 Å². The lowest BCUT2D eigenvalue weighted by Crippen LogP contribution is -2.45. The first-order chi connectivity index (χ1) is 8.24. The highest BCUT2D eigenvalue weighted by atomic mass is 16.3. The third-order valence-corrected chi connectivity index (χ3v) is 3.14. The SMILES string of the molecule is NC(=O)CN1CCC(NCc2ccoc2)CC1. The fourth-order valence-corrected chi connectivity index (χ4v) is 2.17. The lowest BCUT2D eigenvalue weighted by Gasteiger charge is -2.31. The summed E-state index contributed by atoms with van der Waals surface area (Å²) in [4.78, 5) is 12.9. The lowest BCUT2D eigenvalue weighted by molar-refractivity contribution is -0.119. The molecule has 94 valence electrons. The Labute approximate surface area is 101 Å². The van der Waals surface area contributed by atoms with Crippen LogP contribution in [-0.4, -0.2) is 36.5 Å². The molecule has 0 atom stereocenters. The van der Waals surface area contributed by atoms with Crippen molar-refractivity contribution < 1.29 is 9.21 Å². The van der Waals surface area contributed by atoms with Crippen LogP contribution in [0.1, 0.15) is 18.4 Å². The Morgan fingerprint density at radius 2 is 2.29 bits per heavy atom. The summed E-state index contributed by atoms with van der Waals surface area (Å²) in [5, 5.41) is 3.50. The molecule has 2 heterocycles. The van der Waals surface area contributed by atoms with Gasteiger partial charge in [-0.3, -0.25) is 9.69 Å². The number of rotatable bonds is 5. The van der Waals surface area contributed by atoms with E-state index in [1.54, 1.807) is 12.5 Å². The van der Waals surface area contributed by atoms with E-state index in [-0.39, 0.29) is 5.91 Å². The highest BCUT2D eigenvalue weighted by molar-refractivity contribution is 5.75. The second-order valence-corrected chi connectivity index (χ2v) is 4.53. The standard InChI is InChI=1S/C12H19N3O2/c13-12(16)8-15-4-1-11(2-5-15)14-7-10-3-6-17-9-10/h3,6,9,11,14H,1-2,4-5,7-8H2,(H2,13,16). The van der Waals surface area contributed by atoms with Crippen LogP contribution in [0.4, 0.5) is 0 Å². The number of nitrogens with two attached hydrogens (primary N) is 1. The first-order valence-electron chi connectivity index (χ1n) is 5.99. The number of amides is 1. The number of hydrogen-bond donors (Lipinski definition) is 2. The molecule has 0 radical (unpaired) electrons. The van der Waals surface area contributed by atoms with E-state index in [0.29, 0.717) is 12.6 Å². The Kier molecular flexibility index (Phi) is 4.17. The number of nitrogens with one attached hydrogen (secondary N) is 1. The minimum atomic E-state index is -0.241. The van der Waals surface area contributed by atoms with Crippen LogP contribution < -0.4 is 11.1 Å². The normalized spacial score (nSPS) is 18.4. The van der Waals surface area contributed by atoms with Gasteiger partial charge in [-0.2, -0.15) is 0 Å². The van der Waals surface area contributed by atoms with Crippen molar-refractivity contribution in [2.75, 3.05) is 19.6 Å². The van der Waals surface area contributed by atoms with E-state index in [0.717, 1.165) is 32.5 Å². The fraction of sp³-hybridized carbons (Fsp3) is 0.583. The summed E-state index contributed by atoms with van der Waals surface area (Å²) in [5.41, 5.74) is 6.35. The maximum Gasteiger partial charge on any atom is 0.231 e. The smallest absolute Gasteiger partial charge is 0.231 e. The molecular formula is C12H19N3O2.